The van der Waals surface area contributed by atoms with E-state index in [1.54, 1.807) is 24.3 Å². The zero-order chi connectivity index (χ0) is 17.0. The average molecular weight is 384 g/mol. The molecule has 0 saturated heterocycles. The Labute approximate surface area is 148 Å². The van der Waals surface area contributed by atoms with Crippen molar-refractivity contribution in [2.75, 3.05) is 6.54 Å². The number of halogens is 1. The molecule has 2 aromatic heterocycles. The molecule has 0 aliphatic heterocycles. The van der Waals surface area contributed by atoms with E-state index >= 15 is 0 Å². The van der Waals surface area contributed by atoms with Crippen molar-refractivity contribution < 1.29 is 12.8 Å². The summed E-state index contributed by atoms with van der Waals surface area (Å²) in [5, 5.41) is 10.2. The van der Waals surface area contributed by atoms with Crippen LogP contribution in [-0.2, 0) is 22.2 Å². The van der Waals surface area contributed by atoms with Crippen LogP contribution in [0.5, 0.6) is 0 Å². The van der Waals surface area contributed by atoms with Crippen molar-refractivity contribution in [3.63, 3.8) is 0 Å². The van der Waals surface area contributed by atoms with E-state index in [9.17, 15) is 8.42 Å². The van der Waals surface area contributed by atoms with E-state index in [0.29, 0.717) is 28.8 Å². The molecule has 0 radical (unpaired) electrons. The monoisotopic (exact) mass is 383 g/mol. The van der Waals surface area contributed by atoms with Crippen LogP contribution in [0.2, 0.25) is 5.02 Å². The Hall–Kier alpha value is -1.74. The summed E-state index contributed by atoms with van der Waals surface area (Å²) in [7, 11) is -3.49. The van der Waals surface area contributed by atoms with Gasteiger partial charge in [-0.25, -0.2) is 13.1 Å². The fourth-order valence-electron chi connectivity index (χ4n) is 2.04. The number of nitrogens with one attached hydrogen (secondary N) is 1. The summed E-state index contributed by atoms with van der Waals surface area (Å²) in [5.74, 6) is 0.662. The van der Waals surface area contributed by atoms with Gasteiger partial charge >= 0.3 is 0 Å². The fourth-order valence-corrected chi connectivity index (χ4v) is 4.14. The summed E-state index contributed by atoms with van der Waals surface area (Å²) in [6, 6.07) is 10.6. The van der Waals surface area contributed by atoms with Crippen LogP contribution in [0, 0.1) is 0 Å². The molecule has 0 fully saturated rings. The maximum atomic E-state index is 12.1. The smallest absolute Gasteiger partial charge is 0.257 e. The van der Waals surface area contributed by atoms with E-state index in [4.69, 9.17) is 16.0 Å². The molecule has 9 heteroatoms. The molecule has 0 atom stereocenters. The Bertz CT molecular complexity index is 908. The predicted molar refractivity (Wildman–Crippen MR) is 93.4 cm³/mol. The molecule has 1 N–H and O–H groups in total. The summed E-state index contributed by atoms with van der Waals surface area (Å²) >= 11 is 7.49. The van der Waals surface area contributed by atoms with E-state index in [1.165, 1.54) is 11.3 Å². The molecular weight excluding hydrogens is 370 g/mol. The van der Waals surface area contributed by atoms with Gasteiger partial charge in [0.05, 0.1) is 10.6 Å². The van der Waals surface area contributed by atoms with Gasteiger partial charge in [0.25, 0.3) is 5.89 Å². The van der Waals surface area contributed by atoms with Crippen molar-refractivity contribution in [1.82, 2.24) is 14.9 Å². The van der Waals surface area contributed by atoms with Crippen LogP contribution in [0.1, 0.15) is 11.5 Å². The van der Waals surface area contributed by atoms with E-state index in [-0.39, 0.29) is 12.3 Å². The minimum absolute atomic E-state index is 0.170. The molecular formula is C15H14ClN3O3S2. The van der Waals surface area contributed by atoms with Crippen LogP contribution in [0.15, 0.2) is 46.2 Å². The van der Waals surface area contributed by atoms with Crippen LogP contribution in [0.25, 0.3) is 10.8 Å². The van der Waals surface area contributed by atoms with E-state index in [2.05, 4.69) is 14.9 Å². The summed E-state index contributed by atoms with van der Waals surface area (Å²) in [6.07, 6.45) is 0.320. The molecule has 6 nitrogen and oxygen atoms in total. The van der Waals surface area contributed by atoms with Gasteiger partial charge in [0, 0.05) is 18.0 Å². The highest BCUT2D eigenvalue weighted by molar-refractivity contribution is 7.88. The molecule has 3 rings (SSSR count). The number of hydrogen-bond acceptors (Lipinski definition) is 6. The van der Waals surface area contributed by atoms with Crippen molar-refractivity contribution in [1.29, 1.82) is 0 Å². The second-order valence-electron chi connectivity index (χ2n) is 4.97. The van der Waals surface area contributed by atoms with E-state index in [0.717, 1.165) is 4.88 Å². The van der Waals surface area contributed by atoms with E-state index in [1.807, 2.05) is 17.5 Å². The van der Waals surface area contributed by atoms with Gasteiger partial charge in [-0.05, 0) is 23.1 Å². The summed E-state index contributed by atoms with van der Waals surface area (Å²) < 4.78 is 32.2. The Morgan fingerprint density at radius 2 is 2.00 bits per heavy atom. The fraction of sp³-hybridized carbons (Fsp3) is 0.200. The number of aromatic nitrogens is 2. The van der Waals surface area contributed by atoms with Gasteiger partial charge in [-0.2, -0.15) is 0 Å². The number of rotatable bonds is 7. The van der Waals surface area contributed by atoms with Gasteiger partial charge in [0.2, 0.25) is 15.9 Å². The van der Waals surface area contributed by atoms with Gasteiger partial charge < -0.3 is 4.42 Å². The second kappa shape index (κ2) is 7.43. The van der Waals surface area contributed by atoms with Gasteiger partial charge in [0.1, 0.15) is 0 Å². The minimum atomic E-state index is -3.49. The number of benzene rings is 1. The Kier molecular flexibility index (Phi) is 5.30. The van der Waals surface area contributed by atoms with Crippen LogP contribution in [0.3, 0.4) is 0 Å². The molecule has 24 heavy (non-hydrogen) atoms. The van der Waals surface area contributed by atoms with Gasteiger partial charge in [-0.3, -0.25) is 0 Å². The number of sulfonamides is 1. The van der Waals surface area contributed by atoms with Crippen molar-refractivity contribution in [2.24, 2.45) is 0 Å². The van der Waals surface area contributed by atoms with Gasteiger partial charge in [-0.1, -0.05) is 35.9 Å². The second-order valence-corrected chi connectivity index (χ2v) is 8.13. The Morgan fingerprint density at radius 1 is 1.17 bits per heavy atom. The normalized spacial score (nSPS) is 11.7. The largest absolute Gasteiger partial charge is 0.420 e. The standard InChI is InChI=1S/C15H14ClN3O3S2/c16-12-5-2-1-4-11(12)10-24(20,21)17-8-7-14-18-19-15(22-14)13-6-3-9-23-13/h1-6,9,17H,7-8,10H2. The lowest BCUT2D eigenvalue weighted by Gasteiger charge is -2.07. The first-order chi connectivity index (χ1) is 11.5. The molecule has 0 saturated carbocycles. The maximum absolute atomic E-state index is 12.1. The first kappa shape index (κ1) is 17.1. The summed E-state index contributed by atoms with van der Waals surface area (Å²) in [4.78, 5) is 0.882. The highest BCUT2D eigenvalue weighted by atomic mass is 35.5. The maximum Gasteiger partial charge on any atom is 0.257 e. The van der Waals surface area contributed by atoms with Crippen molar-refractivity contribution in [2.45, 2.75) is 12.2 Å². The highest BCUT2D eigenvalue weighted by Gasteiger charge is 2.14. The topological polar surface area (TPSA) is 85.1 Å². The lowest BCUT2D eigenvalue weighted by atomic mass is 10.2. The molecule has 0 amide bonds. The molecule has 0 aliphatic carbocycles. The third-order valence-electron chi connectivity index (χ3n) is 3.16. The van der Waals surface area contributed by atoms with Crippen molar-refractivity contribution in [3.8, 4) is 10.8 Å². The summed E-state index contributed by atoms with van der Waals surface area (Å²) in [6.45, 7) is 0.179. The van der Waals surface area contributed by atoms with E-state index < -0.39 is 10.0 Å². The zero-order valence-electron chi connectivity index (χ0n) is 12.5. The third kappa shape index (κ3) is 4.41. The van der Waals surface area contributed by atoms with Gasteiger partial charge in [-0.15, -0.1) is 21.5 Å². The molecule has 0 bridgehead atoms. The van der Waals surface area contributed by atoms with Crippen LogP contribution in [-0.4, -0.2) is 25.2 Å². The van der Waals surface area contributed by atoms with Crippen LogP contribution >= 0.6 is 22.9 Å². The lowest BCUT2D eigenvalue weighted by Crippen LogP contribution is -2.27. The SMILES string of the molecule is O=S(=O)(Cc1ccccc1Cl)NCCc1nnc(-c2cccs2)o1. The zero-order valence-corrected chi connectivity index (χ0v) is 14.9. The number of hydrogen-bond donors (Lipinski definition) is 1. The van der Waals surface area contributed by atoms with Crippen LogP contribution < -0.4 is 4.72 Å². The van der Waals surface area contributed by atoms with Crippen molar-refractivity contribution in [3.05, 3.63) is 58.3 Å². The number of thiophene rings is 1. The summed E-state index contributed by atoms with van der Waals surface area (Å²) in [5.41, 5.74) is 0.560. The Balaban J connectivity index is 1.55. The van der Waals surface area contributed by atoms with Gasteiger partial charge in [0.15, 0.2) is 0 Å². The average Bonchev–Trinajstić information content (AvgIpc) is 3.20. The lowest BCUT2D eigenvalue weighted by molar-refractivity contribution is 0.503. The molecule has 3 aromatic rings. The van der Waals surface area contributed by atoms with Crippen molar-refractivity contribution >= 4 is 33.0 Å². The third-order valence-corrected chi connectivity index (χ3v) is 5.72. The minimum Gasteiger partial charge on any atom is -0.420 e. The number of nitrogens with zero attached hydrogens (tertiary/aromatic N) is 2. The first-order valence-electron chi connectivity index (χ1n) is 7.10. The van der Waals surface area contributed by atoms with Crippen LogP contribution in [0.4, 0.5) is 0 Å². The molecule has 1 aromatic carbocycles. The molecule has 0 spiro atoms. The molecule has 126 valence electrons. The highest BCUT2D eigenvalue weighted by Crippen LogP contribution is 2.23. The predicted octanol–water partition coefficient (Wildman–Crippen LogP) is 3.11. The molecule has 0 unspecified atom stereocenters. The molecule has 0 aliphatic rings. The quantitative estimate of drug-likeness (QED) is 0.677. The first-order valence-corrected chi connectivity index (χ1v) is 10.0. The molecule has 2 heterocycles. The Morgan fingerprint density at radius 3 is 2.75 bits per heavy atom.